The predicted molar refractivity (Wildman–Crippen MR) is 391 cm³/mol. The topological polar surface area (TPSA) is 214 Å². The van der Waals surface area contributed by atoms with Crippen LogP contribution in [0.1, 0.15) is 87.1 Å². The molecule has 9 aromatic heterocycles. The summed E-state index contributed by atoms with van der Waals surface area (Å²) in [4.78, 5) is 83.3. The fourth-order valence-electron chi connectivity index (χ4n) is 13.3. The van der Waals surface area contributed by atoms with E-state index in [1.54, 1.807) is 103 Å². The number of hydrogen-bond acceptors (Lipinski definition) is 13. The van der Waals surface area contributed by atoms with Crippen LogP contribution in [-0.2, 0) is 9.53 Å². The molecule has 103 heavy (non-hydrogen) atoms. The minimum absolute atomic E-state index is 0.181. The van der Waals surface area contributed by atoms with Crippen LogP contribution < -0.4 is 16.0 Å². The predicted octanol–water partition coefficient (Wildman–Crippen LogP) is 12.6. The zero-order valence-corrected chi connectivity index (χ0v) is 57.8. The number of morpholine rings is 1. The Balaban J connectivity index is 0.000000138. The molecule has 3 aromatic carbocycles. The van der Waals surface area contributed by atoms with Crippen molar-refractivity contribution in [2.24, 2.45) is 0 Å². The van der Waals surface area contributed by atoms with Crippen molar-refractivity contribution in [3.63, 3.8) is 0 Å². The average molecular weight is 1390 g/mol. The van der Waals surface area contributed by atoms with Crippen molar-refractivity contribution in [2.75, 3.05) is 85.2 Å². The number of likely N-dealkylation sites (tertiary alicyclic amines) is 2. The number of hydrogen-bond donors (Lipinski definition) is 3. The molecule has 20 nitrogen and oxygen atoms in total. The SMILES string of the molecule is Cc1cc(-c2ncccc2-c2ccc3cnc(C(=O)NCCCN4CCCC4)n3c2)ccc1F.Cc1cc(-c2ncccc2-c2ccn3c(C(=O)NCCCN4CCCC4=O)ncc3c2)ccc1F.Cc1cc(-c2ncccc2-c2ccn3c(C(=O)NCCN4CCOCC4)ncc3c2)ccc1F. The maximum absolute atomic E-state index is 13.8. The lowest BCUT2D eigenvalue weighted by Crippen LogP contribution is -2.41. The van der Waals surface area contributed by atoms with E-state index < -0.39 is 0 Å². The first-order chi connectivity index (χ1) is 50.2. The molecule has 12 heterocycles. The number of pyridine rings is 6. The quantitative estimate of drug-likeness (QED) is 0.0607. The van der Waals surface area contributed by atoms with Crippen LogP contribution >= 0.6 is 0 Å². The number of nitrogens with zero attached hydrogens (tertiary/aromatic N) is 12. The molecule has 3 saturated heterocycles. The molecule has 23 heteroatoms. The van der Waals surface area contributed by atoms with Crippen molar-refractivity contribution in [3.8, 4) is 67.2 Å². The number of halogens is 3. The van der Waals surface area contributed by atoms with Crippen LogP contribution in [0.15, 0.2) is 183 Å². The molecule has 0 radical (unpaired) electrons. The van der Waals surface area contributed by atoms with Crippen molar-refractivity contribution in [2.45, 2.75) is 59.3 Å². The van der Waals surface area contributed by atoms with E-state index >= 15 is 0 Å². The van der Waals surface area contributed by atoms with Gasteiger partial charge in [0.1, 0.15) is 17.5 Å². The van der Waals surface area contributed by atoms with Gasteiger partial charge in [0.05, 0.1) is 65.4 Å². The van der Waals surface area contributed by atoms with Gasteiger partial charge < -0.3 is 30.5 Å². The number of imidazole rings is 3. The van der Waals surface area contributed by atoms with Crippen molar-refractivity contribution in [3.05, 3.63) is 235 Å². The minimum Gasteiger partial charge on any atom is -0.379 e. The lowest BCUT2D eigenvalue weighted by atomic mass is 9.99. The Kier molecular flexibility index (Phi) is 22.2. The Morgan fingerprint density at radius 1 is 0.437 bits per heavy atom. The lowest BCUT2D eigenvalue weighted by molar-refractivity contribution is -0.127. The minimum atomic E-state index is -0.255. The smallest absolute Gasteiger partial charge is 0.287 e. The van der Waals surface area contributed by atoms with Gasteiger partial charge in [-0.2, -0.15) is 0 Å². The molecule has 0 spiro atoms. The number of aromatic nitrogens is 9. The number of benzene rings is 3. The zero-order chi connectivity index (χ0) is 71.3. The van der Waals surface area contributed by atoms with Gasteiger partial charge in [0, 0.05) is 135 Å². The van der Waals surface area contributed by atoms with Crippen molar-refractivity contribution >= 4 is 40.2 Å². The van der Waals surface area contributed by atoms with Gasteiger partial charge in [0.25, 0.3) is 17.7 Å². The molecule has 526 valence electrons. The first kappa shape index (κ1) is 70.2. The summed E-state index contributed by atoms with van der Waals surface area (Å²) in [5.41, 5.74) is 14.5. The normalized spacial score (nSPS) is 14.0. The van der Waals surface area contributed by atoms with Crippen molar-refractivity contribution in [1.82, 2.24) is 73.8 Å². The summed E-state index contributed by atoms with van der Waals surface area (Å²) in [6.45, 7) is 15.7. The molecule has 0 aliphatic carbocycles. The molecule has 3 fully saturated rings. The van der Waals surface area contributed by atoms with Crippen LogP contribution in [0.3, 0.4) is 0 Å². The molecule has 12 aromatic rings. The van der Waals surface area contributed by atoms with Gasteiger partial charge in [-0.15, -0.1) is 0 Å². The molecule has 4 amide bonds. The van der Waals surface area contributed by atoms with E-state index in [0.29, 0.717) is 73.2 Å². The van der Waals surface area contributed by atoms with E-state index in [1.165, 1.54) is 31.0 Å². The average Bonchev–Trinajstić information content (AvgIpc) is 1.59. The summed E-state index contributed by atoms with van der Waals surface area (Å²) in [6.07, 6.45) is 21.5. The van der Waals surface area contributed by atoms with Crippen molar-refractivity contribution < 1.29 is 37.1 Å². The third-order valence-electron chi connectivity index (χ3n) is 18.9. The third kappa shape index (κ3) is 16.6. The summed E-state index contributed by atoms with van der Waals surface area (Å²) >= 11 is 0. The molecular weight excluding hydrogens is 1310 g/mol. The number of amides is 4. The summed E-state index contributed by atoms with van der Waals surface area (Å²) < 4.78 is 52.1. The number of fused-ring (bicyclic) bond motifs is 3. The first-order valence-corrected chi connectivity index (χ1v) is 34.9. The molecule has 0 unspecified atom stereocenters. The number of aryl methyl sites for hydroxylation is 3. The summed E-state index contributed by atoms with van der Waals surface area (Å²) in [5, 5.41) is 8.88. The van der Waals surface area contributed by atoms with Crippen LogP contribution in [0, 0.1) is 38.2 Å². The molecule has 3 aliphatic rings. The van der Waals surface area contributed by atoms with E-state index in [0.717, 1.165) is 156 Å². The van der Waals surface area contributed by atoms with Gasteiger partial charge in [-0.25, -0.2) is 28.1 Å². The van der Waals surface area contributed by atoms with E-state index in [4.69, 9.17) is 4.74 Å². The van der Waals surface area contributed by atoms with Gasteiger partial charge in [-0.05, 0) is 203 Å². The highest BCUT2D eigenvalue weighted by molar-refractivity contribution is 5.94. The fourth-order valence-corrected chi connectivity index (χ4v) is 13.3. The van der Waals surface area contributed by atoms with E-state index in [9.17, 15) is 32.3 Å². The monoisotopic (exact) mass is 1390 g/mol. The maximum Gasteiger partial charge on any atom is 0.287 e. The standard InChI is InChI=1S/C27H26FN5O2.C27H28FN5O.C26H26FN5O2/c1-18-15-20(7-8-23(18)28)25-22(5-2-10-29-25)19-9-14-33-21(16-19)17-31-26(33)27(35)30-11-4-13-32-12-3-6-24(32)34;1-19-16-20(8-10-24(19)28)25-23(6-4-11-29-25)21-7-9-22-17-31-26(33(22)18-21)27(34)30-12-5-15-32-13-2-3-14-32;1-18-15-20(4-5-23(18)27)24-22(3-2-7-28-24)19-6-9-32-21(16-19)17-30-25(32)26(33)29-8-10-31-11-13-34-14-12-31/h2,5,7-10,14-17H,3-4,6,11-13H2,1H3,(H,30,35);4,6-11,16-18H,2-3,5,12-15H2,1H3,(H,30,34);2-7,9,15-17H,8,10-14H2,1H3,(H,29,33). The largest absolute Gasteiger partial charge is 0.379 e. The Morgan fingerprint density at radius 3 is 1.35 bits per heavy atom. The van der Waals surface area contributed by atoms with Gasteiger partial charge in [-0.3, -0.25) is 52.2 Å². The summed E-state index contributed by atoms with van der Waals surface area (Å²) in [5.74, 6) is -0.150. The summed E-state index contributed by atoms with van der Waals surface area (Å²) in [6, 6.07) is 38.3. The summed E-state index contributed by atoms with van der Waals surface area (Å²) in [7, 11) is 0. The molecule has 3 aliphatic heterocycles. The van der Waals surface area contributed by atoms with Crippen LogP contribution in [0.25, 0.3) is 83.7 Å². The van der Waals surface area contributed by atoms with E-state index in [2.05, 4.69) is 55.7 Å². The van der Waals surface area contributed by atoms with Gasteiger partial charge >= 0.3 is 0 Å². The highest BCUT2D eigenvalue weighted by Gasteiger charge is 2.23. The number of rotatable bonds is 20. The fraction of sp³-hybridized carbons (Fsp3) is 0.275. The highest BCUT2D eigenvalue weighted by Crippen LogP contribution is 2.35. The molecule has 0 atom stereocenters. The Labute approximate surface area is 594 Å². The molecule has 0 bridgehead atoms. The van der Waals surface area contributed by atoms with E-state index in [1.807, 2.05) is 101 Å². The Hall–Kier alpha value is -11.3. The van der Waals surface area contributed by atoms with Gasteiger partial charge in [0.2, 0.25) is 23.4 Å². The zero-order valence-electron chi connectivity index (χ0n) is 57.8. The molecular formula is C80H80F3N15O5. The van der Waals surface area contributed by atoms with Crippen LogP contribution in [0.5, 0.6) is 0 Å². The Bertz CT molecular complexity index is 5060. The van der Waals surface area contributed by atoms with Gasteiger partial charge in [-0.1, -0.05) is 24.3 Å². The second kappa shape index (κ2) is 32.6. The molecule has 0 saturated carbocycles. The first-order valence-electron chi connectivity index (χ1n) is 34.9. The highest BCUT2D eigenvalue weighted by atomic mass is 19.1. The van der Waals surface area contributed by atoms with Crippen LogP contribution in [0.4, 0.5) is 13.2 Å². The van der Waals surface area contributed by atoms with Crippen molar-refractivity contribution in [1.29, 1.82) is 0 Å². The Morgan fingerprint density at radius 2 is 0.874 bits per heavy atom. The molecule has 3 N–H and O–H groups in total. The number of carbonyl (C=O) groups excluding carboxylic acids is 4. The second-order valence-electron chi connectivity index (χ2n) is 25.9. The third-order valence-corrected chi connectivity index (χ3v) is 18.9. The van der Waals surface area contributed by atoms with Crippen LogP contribution in [0.2, 0.25) is 0 Å². The number of ether oxygens (including phenoxy) is 1. The lowest BCUT2D eigenvalue weighted by Gasteiger charge is -2.26. The second-order valence-corrected chi connectivity index (χ2v) is 25.9. The number of carbonyl (C=O) groups is 4. The maximum atomic E-state index is 13.8. The molecule has 15 rings (SSSR count). The van der Waals surface area contributed by atoms with Crippen LogP contribution in [-0.4, -0.2) is 167 Å². The van der Waals surface area contributed by atoms with E-state index in [-0.39, 0.29) is 41.1 Å². The number of nitrogens with one attached hydrogen (secondary N) is 3. The van der Waals surface area contributed by atoms with Gasteiger partial charge in [0.15, 0.2) is 0 Å².